The van der Waals surface area contributed by atoms with Crippen LogP contribution in [-0.4, -0.2) is 69.8 Å². The minimum absolute atomic E-state index is 0.0309. The molecule has 0 bridgehead atoms. The molecular formula is C35H44F3N5O3. The number of carboxylic acid groups (broad SMARTS) is 1. The van der Waals surface area contributed by atoms with Crippen LogP contribution in [0.25, 0.3) is 0 Å². The van der Waals surface area contributed by atoms with E-state index in [1.807, 2.05) is 24.0 Å². The maximum atomic E-state index is 17.0. The number of anilines is 2. The first kappa shape index (κ1) is 33.5. The number of hydrogen-bond acceptors (Lipinski definition) is 5. The molecule has 2 aliphatic heterocycles. The number of imidazole rings is 1. The van der Waals surface area contributed by atoms with E-state index >= 15 is 8.78 Å². The maximum absolute atomic E-state index is 17.0. The van der Waals surface area contributed by atoms with Crippen molar-refractivity contribution >= 4 is 23.5 Å². The summed E-state index contributed by atoms with van der Waals surface area (Å²) in [5, 5.41) is 12.1. The number of hydrogen-bond donors (Lipinski definition) is 2. The predicted molar refractivity (Wildman–Crippen MR) is 172 cm³/mol. The highest BCUT2D eigenvalue weighted by Gasteiger charge is 2.54. The van der Waals surface area contributed by atoms with Gasteiger partial charge in [-0.05, 0) is 73.4 Å². The number of nitrogens with one attached hydrogen (secondary N) is 1. The van der Waals surface area contributed by atoms with E-state index in [0.717, 1.165) is 41.8 Å². The molecule has 248 valence electrons. The predicted octanol–water partition coefficient (Wildman–Crippen LogP) is 6.39. The average Bonchev–Trinajstić information content (AvgIpc) is 3.57. The summed E-state index contributed by atoms with van der Waals surface area (Å²) >= 11 is 0. The molecule has 2 aromatic carbocycles. The van der Waals surface area contributed by atoms with Crippen LogP contribution in [0.5, 0.6) is 0 Å². The van der Waals surface area contributed by atoms with Gasteiger partial charge in [0, 0.05) is 56.2 Å². The Morgan fingerprint density at radius 1 is 1.11 bits per heavy atom. The highest BCUT2D eigenvalue weighted by molar-refractivity contribution is 5.97. The molecule has 2 fully saturated rings. The van der Waals surface area contributed by atoms with Crippen molar-refractivity contribution in [3.8, 4) is 0 Å². The topological polar surface area (TPSA) is 90.7 Å². The van der Waals surface area contributed by atoms with E-state index in [9.17, 15) is 19.1 Å². The zero-order valence-electron chi connectivity index (χ0n) is 27.0. The van der Waals surface area contributed by atoms with E-state index < -0.39 is 35.1 Å². The first-order chi connectivity index (χ1) is 21.7. The molecular weight excluding hydrogens is 595 g/mol. The van der Waals surface area contributed by atoms with E-state index in [1.165, 1.54) is 12.3 Å². The van der Waals surface area contributed by atoms with E-state index in [2.05, 4.69) is 42.0 Å². The molecule has 3 heterocycles. The molecule has 2 atom stereocenters. The molecule has 0 unspecified atom stereocenters. The van der Waals surface area contributed by atoms with Gasteiger partial charge in [-0.2, -0.15) is 0 Å². The molecule has 3 aromatic rings. The van der Waals surface area contributed by atoms with Crippen molar-refractivity contribution in [1.82, 2.24) is 14.5 Å². The highest BCUT2D eigenvalue weighted by Crippen LogP contribution is 2.41. The molecule has 0 radical (unpaired) electrons. The van der Waals surface area contributed by atoms with Gasteiger partial charge in [-0.3, -0.25) is 19.8 Å². The summed E-state index contributed by atoms with van der Waals surface area (Å²) in [6, 6.07) is 9.10. The van der Waals surface area contributed by atoms with Crippen molar-refractivity contribution in [3.63, 3.8) is 0 Å². The van der Waals surface area contributed by atoms with Crippen molar-refractivity contribution in [1.29, 1.82) is 0 Å². The Morgan fingerprint density at radius 2 is 1.85 bits per heavy atom. The zero-order valence-corrected chi connectivity index (χ0v) is 27.0. The van der Waals surface area contributed by atoms with Crippen LogP contribution in [0, 0.1) is 29.9 Å². The van der Waals surface area contributed by atoms with Crippen LogP contribution in [0.3, 0.4) is 0 Å². The van der Waals surface area contributed by atoms with Gasteiger partial charge < -0.3 is 14.6 Å². The second-order valence-corrected chi connectivity index (χ2v) is 14.0. The maximum Gasteiger partial charge on any atom is 0.306 e. The van der Waals surface area contributed by atoms with Gasteiger partial charge in [-0.15, -0.1) is 0 Å². The van der Waals surface area contributed by atoms with Crippen LogP contribution in [0.15, 0.2) is 48.8 Å². The van der Waals surface area contributed by atoms with Gasteiger partial charge in [0.15, 0.2) is 0 Å². The zero-order chi connectivity index (χ0) is 33.2. The third-order valence-electron chi connectivity index (χ3n) is 9.27. The SMILES string of the molecule is Cc1ccc(Cn2ccnc2NC(=O)[C@]2(F)CN(CCCC(C)(C)C)C[C@H]2c2ccc(F)cc2F)c(N2CCC(C(=O)O)CC2)c1. The normalized spacial score (nSPS) is 21.1. The number of aliphatic carboxylic acids is 1. The van der Waals surface area contributed by atoms with Crippen LogP contribution in [-0.2, 0) is 16.1 Å². The minimum Gasteiger partial charge on any atom is -0.481 e. The Kier molecular flexibility index (Phi) is 9.81. The fraction of sp³-hybridized carbons (Fsp3) is 0.514. The summed E-state index contributed by atoms with van der Waals surface area (Å²) in [5.74, 6) is -4.67. The molecule has 2 aliphatic rings. The van der Waals surface area contributed by atoms with Gasteiger partial charge in [-0.25, -0.2) is 18.2 Å². The van der Waals surface area contributed by atoms with E-state index in [4.69, 9.17) is 0 Å². The Balaban J connectivity index is 1.36. The van der Waals surface area contributed by atoms with Crippen LogP contribution < -0.4 is 10.2 Å². The Morgan fingerprint density at radius 3 is 2.52 bits per heavy atom. The number of rotatable bonds is 10. The summed E-state index contributed by atoms with van der Waals surface area (Å²) in [6.07, 6.45) is 6.02. The molecule has 1 aromatic heterocycles. The molecule has 5 rings (SSSR count). The summed E-state index contributed by atoms with van der Waals surface area (Å²) < 4.78 is 47.5. The molecule has 11 heteroatoms. The number of halogens is 3. The number of aromatic nitrogens is 2. The number of benzene rings is 2. The smallest absolute Gasteiger partial charge is 0.306 e. The van der Waals surface area contributed by atoms with Crippen molar-refractivity contribution in [2.24, 2.45) is 11.3 Å². The Bertz CT molecular complexity index is 1560. The van der Waals surface area contributed by atoms with Gasteiger partial charge in [-0.1, -0.05) is 39.0 Å². The first-order valence-corrected chi connectivity index (χ1v) is 16.0. The fourth-order valence-electron chi connectivity index (χ4n) is 6.68. The summed E-state index contributed by atoms with van der Waals surface area (Å²) in [6.45, 7) is 10.4. The molecule has 2 saturated heterocycles. The third-order valence-corrected chi connectivity index (χ3v) is 9.27. The molecule has 0 aliphatic carbocycles. The lowest BCUT2D eigenvalue weighted by Crippen LogP contribution is -2.45. The van der Waals surface area contributed by atoms with Crippen molar-refractivity contribution < 1.29 is 27.9 Å². The lowest BCUT2D eigenvalue weighted by molar-refractivity contribution is -0.142. The number of aryl methyl sites for hydroxylation is 1. The Labute approximate surface area is 268 Å². The van der Waals surface area contributed by atoms with E-state index in [0.29, 0.717) is 39.0 Å². The number of piperidine rings is 1. The third kappa shape index (κ3) is 7.57. The van der Waals surface area contributed by atoms with Crippen LogP contribution >= 0.6 is 0 Å². The van der Waals surface area contributed by atoms with Gasteiger partial charge >= 0.3 is 5.97 Å². The quantitative estimate of drug-likeness (QED) is 0.267. The molecule has 1 amide bonds. The van der Waals surface area contributed by atoms with Crippen molar-refractivity contribution in [3.05, 3.63) is 77.1 Å². The summed E-state index contributed by atoms with van der Waals surface area (Å²) in [5.41, 5.74) is 0.558. The van der Waals surface area contributed by atoms with Crippen molar-refractivity contribution in [2.45, 2.75) is 71.5 Å². The van der Waals surface area contributed by atoms with Crippen LogP contribution in [0.4, 0.5) is 24.8 Å². The average molecular weight is 640 g/mol. The number of carbonyl (C=O) groups is 2. The summed E-state index contributed by atoms with van der Waals surface area (Å²) in [7, 11) is 0. The second kappa shape index (κ2) is 13.5. The molecule has 0 saturated carbocycles. The molecule has 2 N–H and O–H groups in total. The first-order valence-electron chi connectivity index (χ1n) is 16.0. The van der Waals surface area contributed by atoms with E-state index in [1.54, 1.807) is 10.8 Å². The fourth-order valence-corrected chi connectivity index (χ4v) is 6.68. The standard InChI is InChI=1S/C35H44F3N5O3/c1-23-6-7-25(30(18-23)42-15-10-24(11-16-42)31(44)45)20-43-17-13-39-33(43)40-32(46)35(38)22-41(14-5-12-34(2,3)4)21-28(35)27-9-8-26(36)19-29(27)37/h6-9,13,17-19,24,28H,5,10-12,14-16,20-22H2,1-4H3,(H,44,45)(H,39,40,46)/t28-,35-/m0/s1. The van der Waals surface area contributed by atoms with Gasteiger partial charge in [0.1, 0.15) is 11.6 Å². The number of alkyl halides is 1. The van der Waals surface area contributed by atoms with Crippen LogP contribution in [0.1, 0.15) is 69.1 Å². The van der Waals surface area contributed by atoms with Crippen molar-refractivity contribution in [2.75, 3.05) is 42.9 Å². The van der Waals surface area contributed by atoms with Gasteiger partial charge in [0.05, 0.1) is 12.5 Å². The summed E-state index contributed by atoms with van der Waals surface area (Å²) in [4.78, 5) is 33.6. The number of nitrogens with zero attached hydrogens (tertiary/aromatic N) is 4. The lowest BCUT2D eigenvalue weighted by Gasteiger charge is -2.33. The minimum atomic E-state index is -2.49. The highest BCUT2D eigenvalue weighted by atomic mass is 19.1. The second-order valence-electron chi connectivity index (χ2n) is 14.0. The molecule has 8 nitrogen and oxygen atoms in total. The molecule has 46 heavy (non-hydrogen) atoms. The molecule has 0 spiro atoms. The monoisotopic (exact) mass is 639 g/mol. The van der Waals surface area contributed by atoms with Gasteiger partial charge in [0.25, 0.3) is 5.91 Å². The largest absolute Gasteiger partial charge is 0.481 e. The van der Waals surface area contributed by atoms with Gasteiger partial charge in [0.2, 0.25) is 11.6 Å². The number of likely N-dealkylation sites (tertiary alicyclic amines) is 1. The number of carboxylic acids is 1. The number of carbonyl (C=O) groups excluding carboxylic acids is 1. The van der Waals surface area contributed by atoms with E-state index in [-0.39, 0.29) is 35.9 Å². The lowest BCUT2D eigenvalue weighted by atomic mass is 9.85. The Hall–Kier alpha value is -3.86. The number of amides is 1. The van der Waals surface area contributed by atoms with Crippen LogP contribution in [0.2, 0.25) is 0 Å².